The zero-order chi connectivity index (χ0) is 16.8. The van der Waals surface area contributed by atoms with Crippen molar-refractivity contribution in [3.8, 4) is 5.75 Å². The molecule has 3 rings (SSSR count). The lowest BCUT2D eigenvalue weighted by Gasteiger charge is -2.18. The van der Waals surface area contributed by atoms with Crippen molar-refractivity contribution in [1.29, 1.82) is 0 Å². The van der Waals surface area contributed by atoms with Crippen LogP contribution in [0.5, 0.6) is 5.75 Å². The number of ether oxygens (including phenoxy) is 1. The average molecular weight is 325 g/mol. The van der Waals surface area contributed by atoms with Crippen LogP contribution in [-0.2, 0) is 6.42 Å². The number of rotatable bonds is 7. The molecule has 4 N–H and O–H groups in total. The zero-order valence-electron chi connectivity index (χ0n) is 14.2. The largest absolute Gasteiger partial charge is 0.494 e. The quantitative estimate of drug-likeness (QED) is 0.685. The normalized spacial score (nSPS) is 23.3. The van der Waals surface area contributed by atoms with E-state index in [1.807, 2.05) is 6.07 Å². The fourth-order valence-corrected chi connectivity index (χ4v) is 3.23. The number of hydrogen-bond acceptors (Lipinski definition) is 4. The molecule has 2 aromatic carbocycles. The second-order valence-electron chi connectivity index (χ2n) is 6.47. The summed E-state index contributed by atoms with van der Waals surface area (Å²) in [7, 11) is 0. The summed E-state index contributed by atoms with van der Waals surface area (Å²) in [6.07, 6.45) is 2.07. The summed E-state index contributed by atoms with van der Waals surface area (Å²) in [5.41, 5.74) is 15.0. The predicted octanol–water partition coefficient (Wildman–Crippen LogP) is 2.81. The van der Waals surface area contributed by atoms with Crippen molar-refractivity contribution in [3.63, 3.8) is 0 Å². The average Bonchev–Trinajstić information content (AvgIpc) is 3.01. The van der Waals surface area contributed by atoms with Gasteiger partial charge >= 0.3 is 0 Å². The van der Waals surface area contributed by atoms with Crippen LogP contribution in [0.4, 0.5) is 0 Å². The summed E-state index contributed by atoms with van der Waals surface area (Å²) >= 11 is 0. The molecule has 24 heavy (non-hydrogen) atoms. The summed E-state index contributed by atoms with van der Waals surface area (Å²) in [4.78, 5) is 0. The lowest BCUT2D eigenvalue weighted by molar-refractivity contribution is 0.311. The van der Waals surface area contributed by atoms with Crippen LogP contribution < -0.4 is 21.3 Å². The Kier molecular flexibility index (Phi) is 5.86. The number of hydrazine groups is 1. The highest BCUT2D eigenvalue weighted by Crippen LogP contribution is 2.29. The van der Waals surface area contributed by atoms with Crippen molar-refractivity contribution < 1.29 is 4.74 Å². The van der Waals surface area contributed by atoms with E-state index in [0.717, 1.165) is 25.2 Å². The van der Waals surface area contributed by atoms with Crippen LogP contribution in [0.1, 0.15) is 30.5 Å². The highest BCUT2D eigenvalue weighted by molar-refractivity contribution is 5.30. The third-order valence-corrected chi connectivity index (χ3v) is 4.80. The molecule has 1 heterocycles. The molecular formula is C20H27N3O. The summed E-state index contributed by atoms with van der Waals surface area (Å²) < 4.78 is 5.86. The van der Waals surface area contributed by atoms with Crippen molar-refractivity contribution in [2.75, 3.05) is 13.2 Å². The first-order valence-electron chi connectivity index (χ1n) is 8.75. The van der Waals surface area contributed by atoms with Gasteiger partial charge in [0.25, 0.3) is 0 Å². The van der Waals surface area contributed by atoms with Crippen LogP contribution in [-0.4, -0.2) is 19.2 Å². The number of aryl methyl sites for hydroxylation is 1. The van der Waals surface area contributed by atoms with E-state index in [9.17, 15) is 0 Å². The van der Waals surface area contributed by atoms with Crippen LogP contribution in [0, 0.1) is 5.92 Å². The van der Waals surface area contributed by atoms with E-state index >= 15 is 0 Å². The minimum absolute atomic E-state index is 0.297. The van der Waals surface area contributed by atoms with E-state index in [-0.39, 0.29) is 0 Å². The number of nitrogens with one attached hydrogen (secondary N) is 2. The maximum Gasteiger partial charge on any atom is 0.119 e. The van der Waals surface area contributed by atoms with E-state index in [2.05, 4.69) is 66.3 Å². The van der Waals surface area contributed by atoms with E-state index in [1.54, 1.807) is 0 Å². The van der Waals surface area contributed by atoms with Gasteiger partial charge in [-0.2, -0.15) is 0 Å². The van der Waals surface area contributed by atoms with Crippen LogP contribution >= 0.6 is 0 Å². The van der Waals surface area contributed by atoms with Crippen molar-refractivity contribution in [2.45, 2.75) is 31.8 Å². The van der Waals surface area contributed by atoms with E-state index in [1.165, 1.54) is 11.1 Å². The summed E-state index contributed by atoms with van der Waals surface area (Å²) in [5, 5.41) is 0. The fourth-order valence-electron chi connectivity index (χ4n) is 3.23. The van der Waals surface area contributed by atoms with Crippen LogP contribution in [0.15, 0.2) is 54.6 Å². The molecule has 0 spiro atoms. The first-order chi connectivity index (χ1) is 11.8. The first kappa shape index (κ1) is 17.0. The second-order valence-corrected chi connectivity index (χ2v) is 6.47. The standard InChI is InChI=1S/C20H27N3O/c1-15-19(14-21)22-23-20(15)17-9-11-18(12-10-17)24-13-5-8-16-6-3-2-4-7-16/h2-4,6-7,9-12,15,19-20,22-23H,5,8,13-14,21H2,1H3. The molecule has 128 valence electrons. The predicted molar refractivity (Wildman–Crippen MR) is 97.7 cm³/mol. The Bertz CT molecular complexity index is 615. The topological polar surface area (TPSA) is 59.3 Å². The SMILES string of the molecule is CC1C(CN)NNC1c1ccc(OCCCc2ccccc2)cc1. The Labute approximate surface area is 144 Å². The van der Waals surface area contributed by atoms with Gasteiger partial charge in [-0.3, -0.25) is 5.43 Å². The van der Waals surface area contributed by atoms with Crippen LogP contribution in [0.25, 0.3) is 0 Å². The Morgan fingerprint density at radius 2 is 1.75 bits per heavy atom. The molecule has 1 fully saturated rings. The molecule has 1 aliphatic heterocycles. The zero-order valence-corrected chi connectivity index (χ0v) is 14.2. The van der Waals surface area contributed by atoms with E-state index in [4.69, 9.17) is 10.5 Å². The summed E-state index contributed by atoms with van der Waals surface area (Å²) in [5.74, 6) is 1.40. The van der Waals surface area contributed by atoms with Gasteiger partial charge in [-0.05, 0) is 42.0 Å². The maximum absolute atomic E-state index is 5.86. The Morgan fingerprint density at radius 1 is 1.00 bits per heavy atom. The summed E-state index contributed by atoms with van der Waals surface area (Å²) in [6, 6.07) is 19.5. The highest BCUT2D eigenvalue weighted by atomic mass is 16.5. The summed E-state index contributed by atoms with van der Waals surface area (Å²) in [6.45, 7) is 3.61. The minimum atomic E-state index is 0.297. The smallest absolute Gasteiger partial charge is 0.119 e. The molecular weight excluding hydrogens is 298 g/mol. The molecule has 0 aromatic heterocycles. The maximum atomic E-state index is 5.86. The van der Waals surface area contributed by atoms with Gasteiger partial charge in [-0.15, -0.1) is 0 Å². The molecule has 4 nitrogen and oxygen atoms in total. The van der Waals surface area contributed by atoms with Crippen molar-refractivity contribution >= 4 is 0 Å². The molecule has 4 heteroatoms. The van der Waals surface area contributed by atoms with Crippen molar-refractivity contribution in [2.24, 2.45) is 11.7 Å². The molecule has 0 radical (unpaired) electrons. The molecule has 0 aliphatic carbocycles. The monoisotopic (exact) mass is 325 g/mol. The molecule has 0 bridgehead atoms. The highest BCUT2D eigenvalue weighted by Gasteiger charge is 2.32. The van der Waals surface area contributed by atoms with Crippen molar-refractivity contribution in [1.82, 2.24) is 10.9 Å². The first-order valence-corrected chi connectivity index (χ1v) is 8.75. The van der Waals surface area contributed by atoms with Gasteiger partial charge in [0.1, 0.15) is 5.75 Å². The number of hydrogen-bond donors (Lipinski definition) is 3. The molecule has 1 aliphatic rings. The van der Waals surface area contributed by atoms with Gasteiger partial charge < -0.3 is 10.5 Å². The lowest BCUT2D eigenvalue weighted by Crippen LogP contribution is -2.37. The van der Waals surface area contributed by atoms with Gasteiger partial charge in [-0.1, -0.05) is 49.4 Å². The Balaban J connectivity index is 1.46. The van der Waals surface area contributed by atoms with E-state index in [0.29, 0.717) is 24.5 Å². The molecule has 2 aromatic rings. The third kappa shape index (κ3) is 4.15. The molecule has 3 unspecified atom stereocenters. The van der Waals surface area contributed by atoms with Crippen LogP contribution in [0.3, 0.4) is 0 Å². The van der Waals surface area contributed by atoms with Gasteiger partial charge in [-0.25, -0.2) is 5.43 Å². The van der Waals surface area contributed by atoms with Crippen molar-refractivity contribution in [3.05, 3.63) is 65.7 Å². The number of benzene rings is 2. The van der Waals surface area contributed by atoms with Gasteiger partial charge in [0.05, 0.1) is 12.6 Å². The van der Waals surface area contributed by atoms with Gasteiger partial charge in [0.2, 0.25) is 0 Å². The lowest BCUT2D eigenvalue weighted by atomic mass is 9.91. The molecule has 3 atom stereocenters. The third-order valence-electron chi connectivity index (χ3n) is 4.80. The van der Waals surface area contributed by atoms with Gasteiger partial charge in [0, 0.05) is 12.6 Å². The Hall–Kier alpha value is -1.88. The molecule has 1 saturated heterocycles. The van der Waals surface area contributed by atoms with Gasteiger partial charge in [0.15, 0.2) is 0 Å². The minimum Gasteiger partial charge on any atom is -0.494 e. The second kappa shape index (κ2) is 8.29. The molecule has 0 saturated carbocycles. The fraction of sp³-hybridized carbons (Fsp3) is 0.400. The van der Waals surface area contributed by atoms with Crippen LogP contribution in [0.2, 0.25) is 0 Å². The number of nitrogens with two attached hydrogens (primary N) is 1. The molecule has 0 amide bonds. The Morgan fingerprint density at radius 3 is 2.42 bits per heavy atom. The van der Waals surface area contributed by atoms with E-state index < -0.39 is 0 Å².